The Morgan fingerprint density at radius 1 is 1.50 bits per heavy atom. The van der Waals surface area contributed by atoms with Crippen molar-refractivity contribution in [1.82, 2.24) is 15.3 Å². The number of aryl methyl sites for hydroxylation is 2. The van der Waals surface area contributed by atoms with Gasteiger partial charge in [0.1, 0.15) is 0 Å². The molecule has 0 spiro atoms. The van der Waals surface area contributed by atoms with Gasteiger partial charge >= 0.3 is 6.18 Å². The van der Waals surface area contributed by atoms with Crippen LogP contribution >= 0.6 is 0 Å². The van der Waals surface area contributed by atoms with Crippen LogP contribution in [-0.4, -0.2) is 22.6 Å². The van der Waals surface area contributed by atoms with Crippen LogP contribution in [0.2, 0.25) is 0 Å². The fourth-order valence-corrected chi connectivity index (χ4v) is 1.17. The minimum absolute atomic E-state index is 0.194. The van der Waals surface area contributed by atoms with Gasteiger partial charge in [-0.3, -0.25) is 9.52 Å². The molecule has 16 heavy (non-hydrogen) atoms. The van der Waals surface area contributed by atoms with Crippen LogP contribution in [0.1, 0.15) is 18.3 Å². The van der Waals surface area contributed by atoms with Gasteiger partial charge in [0.2, 0.25) is 0 Å². The van der Waals surface area contributed by atoms with Crippen LogP contribution in [0.25, 0.3) is 0 Å². The molecule has 0 atom stereocenters. The predicted molar refractivity (Wildman–Crippen MR) is 51.4 cm³/mol. The fourth-order valence-electron chi connectivity index (χ4n) is 1.17. The molecule has 0 bridgehead atoms. The predicted octanol–water partition coefficient (Wildman–Crippen LogP) is 1.57. The molecule has 0 saturated heterocycles. The maximum absolute atomic E-state index is 11.7. The molecule has 7 heteroatoms. The van der Waals surface area contributed by atoms with E-state index >= 15 is 0 Å². The van der Waals surface area contributed by atoms with Crippen LogP contribution in [0.4, 0.5) is 13.2 Å². The molecule has 1 aromatic rings. The molecule has 0 aromatic carbocycles. The number of hydrogen-bond acceptors (Lipinski definition) is 3. The number of hydroxylamine groups is 1. The van der Waals surface area contributed by atoms with E-state index in [0.717, 1.165) is 17.8 Å². The van der Waals surface area contributed by atoms with Crippen molar-refractivity contribution in [3.8, 4) is 0 Å². The van der Waals surface area contributed by atoms with Crippen LogP contribution in [0.3, 0.4) is 0 Å². The van der Waals surface area contributed by atoms with Gasteiger partial charge in [-0.15, -0.1) is 0 Å². The zero-order valence-electron chi connectivity index (χ0n) is 9.14. The molecule has 0 fully saturated rings. The summed E-state index contributed by atoms with van der Waals surface area (Å²) < 4.78 is 36.8. The first kappa shape index (κ1) is 13.0. The molecule has 1 aromatic heterocycles. The molecule has 0 radical (unpaired) electrons. The third kappa shape index (κ3) is 4.19. The van der Waals surface area contributed by atoms with Crippen molar-refractivity contribution in [2.24, 2.45) is 7.05 Å². The highest BCUT2D eigenvalue weighted by atomic mass is 19.4. The molecule has 0 aliphatic rings. The van der Waals surface area contributed by atoms with E-state index in [-0.39, 0.29) is 6.54 Å². The van der Waals surface area contributed by atoms with Gasteiger partial charge in [-0.1, -0.05) is 6.92 Å². The Morgan fingerprint density at radius 3 is 2.69 bits per heavy atom. The lowest BCUT2D eigenvalue weighted by Gasteiger charge is -2.08. The Morgan fingerprint density at radius 2 is 2.19 bits per heavy atom. The van der Waals surface area contributed by atoms with Gasteiger partial charge in [-0.25, -0.2) is 0 Å². The van der Waals surface area contributed by atoms with Gasteiger partial charge in [0, 0.05) is 7.05 Å². The summed E-state index contributed by atoms with van der Waals surface area (Å²) in [5, 5.41) is 4.16. The van der Waals surface area contributed by atoms with E-state index in [1.165, 1.54) is 0 Å². The highest BCUT2D eigenvalue weighted by Gasteiger charge is 2.27. The Hall–Kier alpha value is -1.08. The first-order valence-electron chi connectivity index (χ1n) is 4.85. The van der Waals surface area contributed by atoms with Crippen molar-refractivity contribution < 1.29 is 18.0 Å². The summed E-state index contributed by atoms with van der Waals surface area (Å²) in [4.78, 5) is 4.28. The third-order valence-corrected chi connectivity index (χ3v) is 1.98. The molecule has 0 amide bonds. The summed E-state index contributed by atoms with van der Waals surface area (Å²) in [6.07, 6.45) is -3.52. The normalized spacial score (nSPS) is 12.1. The summed E-state index contributed by atoms with van der Waals surface area (Å²) in [7, 11) is 1.74. The summed E-state index contributed by atoms with van der Waals surface area (Å²) >= 11 is 0. The fraction of sp³-hybridized carbons (Fsp3) is 0.667. The number of alkyl halides is 3. The van der Waals surface area contributed by atoms with E-state index in [1.807, 2.05) is 13.0 Å². The summed E-state index contributed by atoms with van der Waals surface area (Å²) in [5.74, 6) is 0. The first-order valence-corrected chi connectivity index (χ1v) is 4.85. The van der Waals surface area contributed by atoms with Crippen molar-refractivity contribution in [3.63, 3.8) is 0 Å². The minimum Gasteiger partial charge on any atom is -0.292 e. The molecule has 4 nitrogen and oxygen atoms in total. The summed E-state index contributed by atoms with van der Waals surface area (Å²) in [5.41, 5.74) is 3.93. The number of nitrogens with one attached hydrogen (secondary N) is 1. The second-order valence-electron chi connectivity index (χ2n) is 3.33. The van der Waals surface area contributed by atoms with Crippen LogP contribution < -0.4 is 5.48 Å². The molecule has 1 heterocycles. The Balaban J connectivity index is 2.34. The topological polar surface area (TPSA) is 39.1 Å². The van der Waals surface area contributed by atoms with Crippen LogP contribution in [0, 0.1) is 0 Å². The minimum atomic E-state index is -4.31. The number of rotatable bonds is 5. The SMILES string of the molecule is CCc1cc(CNOCC(F)(F)F)n(C)n1. The highest BCUT2D eigenvalue weighted by Crippen LogP contribution is 2.13. The van der Waals surface area contributed by atoms with Crippen molar-refractivity contribution in [3.05, 3.63) is 17.5 Å². The average molecular weight is 237 g/mol. The maximum atomic E-state index is 11.7. The van der Waals surface area contributed by atoms with Crippen LogP contribution in [0.15, 0.2) is 6.07 Å². The van der Waals surface area contributed by atoms with Gasteiger partial charge in [-0.05, 0) is 12.5 Å². The lowest BCUT2D eigenvalue weighted by atomic mass is 10.3. The molecule has 1 N–H and O–H groups in total. The molecule has 92 valence electrons. The molecule has 1 rings (SSSR count). The Kier molecular flexibility index (Phi) is 4.31. The van der Waals surface area contributed by atoms with Crippen LogP contribution in [-0.2, 0) is 24.9 Å². The van der Waals surface area contributed by atoms with Crippen molar-refractivity contribution in [2.75, 3.05) is 6.61 Å². The Bertz CT molecular complexity index is 335. The maximum Gasteiger partial charge on any atom is 0.413 e. The van der Waals surface area contributed by atoms with Gasteiger partial charge in [0.05, 0.1) is 17.9 Å². The van der Waals surface area contributed by atoms with Crippen molar-refractivity contribution in [1.29, 1.82) is 0 Å². The monoisotopic (exact) mass is 237 g/mol. The third-order valence-electron chi connectivity index (χ3n) is 1.98. The highest BCUT2D eigenvalue weighted by molar-refractivity contribution is 5.09. The molecule has 0 aliphatic heterocycles. The standard InChI is InChI=1S/C9H14F3N3O/c1-3-7-4-8(15(2)14-7)5-13-16-6-9(10,11)12/h4,13H,3,5-6H2,1-2H3. The van der Waals surface area contributed by atoms with E-state index < -0.39 is 12.8 Å². The van der Waals surface area contributed by atoms with Crippen molar-refractivity contribution >= 4 is 0 Å². The molecule has 0 unspecified atom stereocenters. The largest absolute Gasteiger partial charge is 0.413 e. The van der Waals surface area contributed by atoms with Gasteiger partial charge in [0.25, 0.3) is 0 Å². The lowest BCUT2D eigenvalue weighted by Crippen LogP contribution is -2.25. The van der Waals surface area contributed by atoms with E-state index in [1.54, 1.807) is 11.7 Å². The molecular formula is C9H14F3N3O. The number of halogens is 3. The van der Waals surface area contributed by atoms with Gasteiger partial charge in [0.15, 0.2) is 6.61 Å². The number of aromatic nitrogens is 2. The van der Waals surface area contributed by atoms with E-state index in [9.17, 15) is 13.2 Å². The second-order valence-corrected chi connectivity index (χ2v) is 3.33. The van der Waals surface area contributed by atoms with Gasteiger partial charge in [-0.2, -0.15) is 23.8 Å². The quantitative estimate of drug-likeness (QED) is 0.624. The molecule has 0 saturated carbocycles. The van der Waals surface area contributed by atoms with Crippen LogP contribution in [0.5, 0.6) is 0 Å². The number of nitrogens with zero attached hydrogens (tertiary/aromatic N) is 2. The van der Waals surface area contributed by atoms with Crippen molar-refractivity contribution in [2.45, 2.75) is 26.1 Å². The molecule has 0 aliphatic carbocycles. The summed E-state index contributed by atoms with van der Waals surface area (Å²) in [6, 6.07) is 1.82. The first-order chi connectivity index (χ1) is 7.42. The summed E-state index contributed by atoms with van der Waals surface area (Å²) in [6.45, 7) is 0.852. The average Bonchev–Trinajstić information content (AvgIpc) is 2.53. The lowest BCUT2D eigenvalue weighted by molar-refractivity contribution is -0.190. The smallest absolute Gasteiger partial charge is 0.292 e. The second kappa shape index (κ2) is 5.31. The van der Waals surface area contributed by atoms with E-state index in [4.69, 9.17) is 0 Å². The van der Waals surface area contributed by atoms with E-state index in [2.05, 4.69) is 15.4 Å². The van der Waals surface area contributed by atoms with E-state index in [0.29, 0.717) is 0 Å². The Labute approximate surface area is 91.3 Å². The molecular weight excluding hydrogens is 223 g/mol. The number of hydrogen-bond donors (Lipinski definition) is 1. The zero-order valence-corrected chi connectivity index (χ0v) is 9.14. The van der Waals surface area contributed by atoms with Gasteiger partial charge < -0.3 is 0 Å². The zero-order chi connectivity index (χ0) is 12.2.